The van der Waals surface area contributed by atoms with Crippen molar-refractivity contribution in [2.45, 2.75) is 51.4 Å². The molecule has 1 fully saturated rings. The third-order valence-electron chi connectivity index (χ3n) is 4.64. The molecule has 1 aliphatic heterocycles. The van der Waals surface area contributed by atoms with Crippen LogP contribution in [0, 0.1) is 11.8 Å². The largest absolute Gasteiger partial charge is 0.458 e. The first-order chi connectivity index (χ1) is 11.5. The molecule has 1 N–H and O–H groups in total. The lowest BCUT2D eigenvalue weighted by atomic mass is 9.79. The predicted octanol–water partition coefficient (Wildman–Crippen LogP) is 1.88. The molecule has 0 spiro atoms. The van der Waals surface area contributed by atoms with Crippen molar-refractivity contribution in [2.24, 2.45) is 11.8 Å². The zero-order chi connectivity index (χ0) is 18.9. The van der Waals surface area contributed by atoms with Gasteiger partial charge in [0.05, 0.1) is 5.92 Å². The van der Waals surface area contributed by atoms with E-state index in [1.807, 2.05) is 6.92 Å². The first-order valence-corrected chi connectivity index (χ1v) is 8.24. The quantitative estimate of drug-likeness (QED) is 0.605. The Labute approximate surface area is 147 Å². The third kappa shape index (κ3) is 4.07. The summed E-state index contributed by atoms with van der Waals surface area (Å²) < 4.78 is 10.9. The topological polar surface area (TPSA) is 89.9 Å². The Balaban J connectivity index is 2.45. The summed E-state index contributed by atoms with van der Waals surface area (Å²) in [5.74, 6) is -2.37. The summed E-state index contributed by atoms with van der Waals surface area (Å²) >= 11 is 0. The fourth-order valence-electron chi connectivity index (χ4n) is 3.15. The Morgan fingerprint density at radius 3 is 2.68 bits per heavy atom. The first kappa shape index (κ1) is 19.1. The van der Waals surface area contributed by atoms with Gasteiger partial charge in [-0.1, -0.05) is 26.2 Å². The van der Waals surface area contributed by atoms with Crippen LogP contribution in [0.2, 0.25) is 0 Å². The molecule has 0 bridgehead atoms. The van der Waals surface area contributed by atoms with Crippen molar-refractivity contribution in [1.82, 2.24) is 0 Å². The summed E-state index contributed by atoms with van der Waals surface area (Å²) in [5.41, 5.74) is -1.38. The minimum absolute atomic E-state index is 0.0680. The number of ketones is 1. The van der Waals surface area contributed by atoms with E-state index in [1.54, 1.807) is 6.08 Å². The number of fused-ring (bicyclic) bond motifs is 1. The zero-order valence-corrected chi connectivity index (χ0v) is 14.8. The van der Waals surface area contributed by atoms with Gasteiger partial charge < -0.3 is 14.6 Å². The van der Waals surface area contributed by atoms with E-state index in [0.717, 1.165) is 0 Å². The molecule has 0 aromatic heterocycles. The minimum Gasteiger partial charge on any atom is -0.458 e. The highest BCUT2D eigenvalue weighted by Crippen LogP contribution is 2.38. The van der Waals surface area contributed by atoms with Crippen molar-refractivity contribution in [3.63, 3.8) is 0 Å². The Kier molecular flexibility index (Phi) is 5.32. The molecular formula is C19H24O6. The molecule has 0 saturated carbocycles. The molecule has 0 aromatic carbocycles. The summed E-state index contributed by atoms with van der Waals surface area (Å²) in [5, 5.41) is 10.6. The summed E-state index contributed by atoms with van der Waals surface area (Å²) in [6.07, 6.45) is 1.84. The molecule has 1 aliphatic carbocycles. The van der Waals surface area contributed by atoms with E-state index < -0.39 is 41.4 Å². The monoisotopic (exact) mass is 348 g/mol. The predicted molar refractivity (Wildman–Crippen MR) is 90.4 cm³/mol. The number of hydrogen-bond acceptors (Lipinski definition) is 6. The van der Waals surface area contributed by atoms with E-state index in [0.29, 0.717) is 6.42 Å². The van der Waals surface area contributed by atoms with Crippen molar-refractivity contribution in [3.8, 4) is 0 Å². The molecule has 0 amide bonds. The van der Waals surface area contributed by atoms with Crippen LogP contribution >= 0.6 is 0 Å². The van der Waals surface area contributed by atoms with Crippen LogP contribution in [0.25, 0.3) is 0 Å². The van der Waals surface area contributed by atoms with Crippen LogP contribution in [-0.4, -0.2) is 40.6 Å². The fourth-order valence-corrected chi connectivity index (χ4v) is 3.15. The van der Waals surface area contributed by atoms with Gasteiger partial charge in [-0.3, -0.25) is 4.79 Å². The Morgan fingerprint density at radius 1 is 1.44 bits per heavy atom. The van der Waals surface area contributed by atoms with Gasteiger partial charge in [-0.25, -0.2) is 9.59 Å². The highest BCUT2D eigenvalue weighted by molar-refractivity contribution is 5.97. The standard InChI is InChI=1S/C19H24O6/c1-10(2)17(21)25-14-9-19(5,23)15(20)7-6-11(3)8-13-16(14)12(4)18(22)24-13/h6-7,11,13-14,16,23H,1,4,8-9H2,2-3,5H3. The average molecular weight is 348 g/mol. The molecular weight excluding hydrogens is 324 g/mol. The Hall–Kier alpha value is -2.21. The molecule has 6 nitrogen and oxygen atoms in total. The van der Waals surface area contributed by atoms with Crippen LogP contribution in [0.3, 0.4) is 0 Å². The number of ether oxygens (including phenoxy) is 2. The molecule has 0 radical (unpaired) electrons. The number of rotatable bonds is 2. The maximum Gasteiger partial charge on any atom is 0.334 e. The molecule has 5 unspecified atom stereocenters. The molecule has 6 heteroatoms. The molecule has 1 saturated heterocycles. The van der Waals surface area contributed by atoms with Crippen LogP contribution < -0.4 is 0 Å². The van der Waals surface area contributed by atoms with E-state index in [4.69, 9.17) is 9.47 Å². The average Bonchev–Trinajstić information content (AvgIpc) is 2.77. The number of allylic oxidation sites excluding steroid dienone is 1. The van der Waals surface area contributed by atoms with Crippen molar-refractivity contribution in [1.29, 1.82) is 0 Å². The summed E-state index contributed by atoms with van der Waals surface area (Å²) in [6.45, 7) is 12.0. The van der Waals surface area contributed by atoms with Gasteiger partial charge in [-0.15, -0.1) is 0 Å². The van der Waals surface area contributed by atoms with Gasteiger partial charge in [-0.2, -0.15) is 0 Å². The third-order valence-corrected chi connectivity index (χ3v) is 4.64. The van der Waals surface area contributed by atoms with Gasteiger partial charge in [0.15, 0.2) is 5.78 Å². The first-order valence-electron chi connectivity index (χ1n) is 8.24. The maximum atomic E-state index is 12.3. The van der Waals surface area contributed by atoms with Gasteiger partial charge in [0.1, 0.15) is 17.8 Å². The summed E-state index contributed by atoms with van der Waals surface area (Å²) in [6, 6.07) is 0. The summed E-state index contributed by atoms with van der Waals surface area (Å²) in [7, 11) is 0. The van der Waals surface area contributed by atoms with Crippen LogP contribution in [0.15, 0.2) is 36.5 Å². The highest BCUT2D eigenvalue weighted by Gasteiger charge is 2.48. The van der Waals surface area contributed by atoms with Crippen molar-refractivity contribution in [2.75, 3.05) is 0 Å². The fraction of sp³-hybridized carbons (Fsp3) is 0.526. The van der Waals surface area contributed by atoms with Crippen LogP contribution in [-0.2, 0) is 23.9 Å². The molecule has 2 rings (SSSR count). The Morgan fingerprint density at radius 2 is 2.08 bits per heavy atom. The van der Waals surface area contributed by atoms with Gasteiger partial charge in [0, 0.05) is 17.6 Å². The van der Waals surface area contributed by atoms with Crippen molar-refractivity contribution in [3.05, 3.63) is 36.5 Å². The molecule has 25 heavy (non-hydrogen) atoms. The molecule has 1 heterocycles. The van der Waals surface area contributed by atoms with Crippen LogP contribution in [0.5, 0.6) is 0 Å². The lowest BCUT2D eigenvalue weighted by Gasteiger charge is -2.33. The van der Waals surface area contributed by atoms with E-state index in [9.17, 15) is 19.5 Å². The van der Waals surface area contributed by atoms with Gasteiger partial charge in [0.25, 0.3) is 0 Å². The SMILES string of the molecule is C=C(C)C(=O)OC1CC(C)(O)C(=O)C=CC(C)CC2OC(=O)C(=C)C12. The van der Waals surface area contributed by atoms with Crippen molar-refractivity contribution >= 4 is 17.7 Å². The highest BCUT2D eigenvalue weighted by atomic mass is 16.6. The van der Waals surface area contributed by atoms with E-state index in [1.165, 1.54) is 19.9 Å². The number of aliphatic hydroxyl groups is 1. The maximum absolute atomic E-state index is 12.3. The minimum atomic E-state index is -1.75. The number of carbonyl (C=O) groups is 3. The second-order valence-electron chi connectivity index (χ2n) is 7.13. The smallest absolute Gasteiger partial charge is 0.334 e. The van der Waals surface area contributed by atoms with Gasteiger partial charge in [-0.05, 0) is 32.3 Å². The van der Waals surface area contributed by atoms with Crippen LogP contribution in [0.4, 0.5) is 0 Å². The number of carbonyl (C=O) groups excluding carboxylic acids is 3. The van der Waals surface area contributed by atoms with Gasteiger partial charge >= 0.3 is 11.9 Å². The number of esters is 2. The van der Waals surface area contributed by atoms with E-state index in [-0.39, 0.29) is 23.5 Å². The molecule has 136 valence electrons. The molecule has 5 atom stereocenters. The normalized spacial score (nSPS) is 35.8. The zero-order valence-electron chi connectivity index (χ0n) is 14.8. The van der Waals surface area contributed by atoms with Crippen LogP contribution in [0.1, 0.15) is 33.6 Å². The second-order valence-corrected chi connectivity index (χ2v) is 7.13. The van der Waals surface area contributed by atoms with E-state index in [2.05, 4.69) is 13.2 Å². The second kappa shape index (κ2) is 6.96. The van der Waals surface area contributed by atoms with E-state index >= 15 is 0 Å². The van der Waals surface area contributed by atoms with Gasteiger partial charge in [0.2, 0.25) is 0 Å². The molecule has 0 aromatic rings. The Bertz CT molecular complexity index is 657. The number of hydrogen-bond donors (Lipinski definition) is 1. The summed E-state index contributed by atoms with van der Waals surface area (Å²) in [4.78, 5) is 36.3. The lowest BCUT2D eigenvalue weighted by molar-refractivity contribution is -0.155. The lowest BCUT2D eigenvalue weighted by Crippen LogP contribution is -2.44. The van der Waals surface area contributed by atoms with Crippen molar-refractivity contribution < 1.29 is 29.0 Å². The molecule has 2 aliphatic rings.